The van der Waals surface area contributed by atoms with E-state index in [4.69, 9.17) is 5.11 Å². The molecule has 0 saturated carbocycles. The summed E-state index contributed by atoms with van der Waals surface area (Å²) < 4.78 is 0. The van der Waals surface area contributed by atoms with Crippen LogP contribution in [0.25, 0.3) is 11.1 Å². The van der Waals surface area contributed by atoms with Gasteiger partial charge in [-0.2, -0.15) is 0 Å². The second-order valence-electron chi connectivity index (χ2n) is 5.51. The lowest BCUT2D eigenvalue weighted by molar-refractivity contribution is -0.133. The minimum Gasteiger partial charge on any atom is -0.478 e. The first kappa shape index (κ1) is 15.0. The van der Waals surface area contributed by atoms with E-state index in [0.29, 0.717) is 24.1 Å². The number of aliphatic carboxylic acids is 1. The number of carbonyl (C=O) groups excluding carboxylic acids is 1. The molecule has 0 heterocycles. The standard InChI is InChI=1S/C19H17NO3/c21-18(16-7-4-8-17(16)19(22)23)20-15-11-9-14(10-12-15)13-5-2-1-3-6-13/h1-3,5-6,9-12H,4,7-8H2,(H,20,21)(H,22,23). The summed E-state index contributed by atoms with van der Waals surface area (Å²) in [6.45, 7) is 0. The number of anilines is 1. The predicted molar refractivity (Wildman–Crippen MR) is 89.0 cm³/mol. The van der Waals surface area contributed by atoms with Crippen molar-refractivity contribution in [3.8, 4) is 11.1 Å². The Labute approximate surface area is 134 Å². The summed E-state index contributed by atoms with van der Waals surface area (Å²) in [5.74, 6) is -1.31. The first-order valence-corrected chi connectivity index (χ1v) is 7.57. The van der Waals surface area contributed by atoms with Gasteiger partial charge in [-0.3, -0.25) is 4.79 Å². The van der Waals surface area contributed by atoms with Gasteiger partial charge >= 0.3 is 5.97 Å². The summed E-state index contributed by atoms with van der Waals surface area (Å²) in [6.07, 6.45) is 1.71. The van der Waals surface area contributed by atoms with Crippen molar-refractivity contribution >= 4 is 17.6 Å². The van der Waals surface area contributed by atoms with Crippen LogP contribution in [0.1, 0.15) is 19.3 Å². The molecule has 0 fully saturated rings. The van der Waals surface area contributed by atoms with Crippen molar-refractivity contribution in [2.75, 3.05) is 5.32 Å². The minimum absolute atomic E-state index is 0.239. The molecule has 0 aromatic heterocycles. The van der Waals surface area contributed by atoms with Crippen molar-refractivity contribution in [3.05, 3.63) is 65.7 Å². The third kappa shape index (κ3) is 3.31. The summed E-state index contributed by atoms with van der Waals surface area (Å²) in [4.78, 5) is 23.4. The van der Waals surface area contributed by atoms with Gasteiger partial charge in [-0.05, 0) is 42.5 Å². The van der Waals surface area contributed by atoms with E-state index in [1.54, 1.807) is 0 Å². The van der Waals surface area contributed by atoms with Crippen LogP contribution in [0.15, 0.2) is 65.7 Å². The molecule has 2 N–H and O–H groups in total. The molecule has 0 aliphatic heterocycles. The zero-order valence-electron chi connectivity index (χ0n) is 12.6. The van der Waals surface area contributed by atoms with Crippen LogP contribution in [0.4, 0.5) is 5.69 Å². The van der Waals surface area contributed by atoms with Gasteiger partial charge in [0.15, 0.2) is 0 Å². The topological polar surface area (TPSA) is 66.4 Å². The smallest absolute Gasteiger partial charge is 0.332 e. The van der Waals surface area contributed by atoms with Crippen LogP contribution in [0.3, 0.4) is 0 Å². The Bertz CT molecular complexity index is 761. The summed E-state index contributed by atoms with van der Waals surface area (Å²) >= 11 is 0. The van der Waals surface area contributed by atoms with Crippen LogP contribution in [0.5, 0.6) is 0 Å². The number of carboxylic acid groups (broad SMARTS) is 1. The monoisotopic (exact) mass is 307 g/mol. The van der Waals surface area contributed by atoms with E-state index in [1.165, 1.54) is 0 Å². The molecule has 23 heavy (non-hydrogen) atoms. The van der Waals surface area contributed by atoms with Gasteiger partial charge in [-0.15, -0.1) is 0 Å². The maximum absolute atomic E-state index is 12.3. The number of rotatable bonds is 4. The number of benzene rings is 2. The second kappa shape index (κ2) is 6.48. The average Bonchev–Trinajstić information content (AvgIpc) is 3.06. The minimum atomic E-state index is -0.993. The number of nitrogens with one attached hydrogen (secondary N) is 1. The van der Waals surface area contributed by atoms with Crippen LogP contribution in [0, 0.1) is 0 Å². The fourth-order valence-corrected chi connectivity index (χ4v) is 2.81. The van der Waals surface area contributed by atoms with Gasteiger partial charge in [0, 0.05) is 16.8 Å². The quantitative estimate of drug-likeness (QED) is 0.901. The lowest BCUT2D eigenvalue weighted by atomic mass is 10.1. The highest BCUT2D eigenvalue weighted by molar-refractivity contribution is 6.09. The SMILES string of the molecule is O=C(O)C1=C(C(=O)Nc2ccc(-c3ccccc3)cc2)CCC1. The maximum Gasteiger partial charge on any atom is 0.332 e. The Kier molecular flexibility index (Phi) is 4.24. The van der Waals surface area contributed by atoms with Crippen LogP contribution in [-0.4, -0.2) is 17.0 Å². The van der Waals surface area contributed by atoms with Crippen LogP contribution in [-0.2, 0) is 9.59 Å². The normalized spacial score (nSPS) is 13.9. The molecule has 0 atom stereocenters. The van der Waals surface area contributed by atoms with E-state index in [9.17, 15) is 9.59 Å². The van der Waals surface area contributed by atoms with Crippen LogP contribution < -0.4 is 5.32 Å². The predicted octanol–water partition coefficient (Wildman–Crippen LogP) is 3.86. The van der Waals surface area contributed by atoms with Gasteiger partial charge in [0.25, 0.3) is 5.91 Å². The van der Waals surface area contributed by atoms with Gasteiger partial charge in [0.05, 0.1) is 0 Å². The summed E-state index contributed by atoms with van der Waals surface area (Å²) in [7, 11) is 0. The van der Waals surface area contributed by atoms with Crippen LogP contribution in [0.2, 0.25) is 0 Å². The third-order valence-electron chi connectivity index (χ3n) is 4.00. The molecule has 1 aliphatic carbocycles. The molecule has 0 radical (unpaired) electrons. The summed E-state index contributed by atoms with van der Waals surface area (Å²) in [5, 5.41) is 11.9. The summed E-state index contributed by atoms with van der Waals surface area (Å²) in [5.41, 5.74) is 3.47. The molecule has 116 valence electrons. The Morgan fingerprint density at radius 3 is 2.09 bits per heavy atom. The van der Waals surface area contributed by atoms with Crippen molar-refractivity contribution in [1.82, 2.24) is 0 Å². The van der Waals surface area contributed by atoms with E-state index < -0.39 is 5.97 Å². The van der Waals surface area contributed by atoms with E-state index >= 15 is 0 Å². The second-order valence-corrected chi connectivity index (χ2v) is 5.51. The van der Waals surface area contributed by atoms with Crippen molar-refractivity contribution in [3.63, 3.8) is 0 Å². The maximum atomic E-state index is 12.3. The van der Waals surface area contributed by atoms with E-state index in [2.05, 4.69) is 5.32 Å². The number of amides is 1. The molecule has 4 heteroatoms. The highest BCUT2D eigenvalue weighted by Crippen LogP contribution is 2.28. The molecule has 0 bridgehead atoms. The molecule has 1 amide bonds. The van der Waals surface area contributed by atoms with E-state index in [-0.39, 0.29) is 11.5 Å². The van der Waals surface area contributed by atoms with Gasteiger partial charge < -0.3 is 10.4 Å². The molecule has 1 aliphatic rings. The highest BCUT2D eigenvalue weighted by Gasteiger charge is 2.25. The van der Waals surface area contributed by atoms with Gasteiger partial charge in [0.2, 0.25) is 0 Å². The Morgan fingerprint density at radius 1 is 0.826 bits per heavy atom. The zero-order chi connectivity index (χ0) is 16.2. The lowest BCUT2D eigenvalue weighted by Gasteiger charge is -2.08. The van der Waals surface area contributed by atoms with Crippen molar-refractivity contribution in [2.45, 2.75) is 19.3 Å². The molecule has 0 spiro atoms. The number of carboxylic acids is 1. The Hall–Kier alpha value is -2.88. The first-order valence-electron chi connectivity index (χ1n) is 7.57. The molecule has 0 unspecified atom stereocenters. The number of carbonyl (C=O) groups is 2. The fraction of sp³-hybridized carbons (Fsp3) is 0.158. The van der Waals surface area contributed by atoms with Gasteiger partial charge in [-0.25, -0.2) is 4.79 Å². The molecular weight excluding hydrogens is 290 g/mol. The van der Waals surface area contributed by atoms with Crippen molar-refractivity contribution in [2.24, 2.45) is 0 Å². The number of hydrogen-bond donors (Lipinski definition) is 2. The number of hydrogen-bond acceptors (Lipinski definition) is 2. The molecule has 2 aromatic carbocycles. The van der Waals surface area contributed by atoms with Crippen molar-refractivity contribution in [1.29, 1.82) is 0 Å². The lowest BCUT2D eigenvalue weighted by Crippen LogP contribution is -2.16. The first-order chi connectivity index (χ1) is 11.1. The zero-order valence-corrected chi connectivity index (χ0v) is 12.6. The van der Waals surface area contributed by atoms with E-state index in [1.807, 2.05) is 54.6 Å². The fourth-order valence-electron chi connectivity index (χ4n) is 2.81. The van der Waals surface area contributed by atoms with E-state index in [0.717, 1.165) is 17.5 Å². The van der Waals surface area contributed by atoms with Gasteiger partial charge in [-0.1, -0.05) is 42.5 Å². The Morgan fingerprint density at radius 2 is 1.43 bits per heavy atom. The molecule has 4 nitrogen and oxygen atoms in total. The largest absolute Gasteiger partial charge is 0.478 e. The third-order valence-corrected chi connectivity index (χ3v) is 4.00. The highest BCUT2D eigenvalue weighted by atomic mass is 16.4. The van der Waals surface area contributed by atoms with Crippen molar-refractivity contribution < 1.29 is 14.7 Å². The van der Waals surface area contributed by atoms with Crippen LogP contribution >= 0.6 is 0 Å². The average molecular weight is 307 g/mol. The summed E-state index contributed by atoms with van der Waals surface area (Å²) in [6, 6.07) is 17.5. The molecule has 0 saturated heterocycles. The van der Waals surface area contributed by atoms with Gasteiger partial charge in [0.1, 0.15) is 0 Å². The molecular formula is C19H17NO3. The Balaban J connectivity index is 1.75. The molecule has 2 aromatic rings. The molecule has 3 rings (SSSR count).